The Bertz CT molecular complexity index is 695. The molecule has 2 atom stereocenters. The SMILES string of the molecule is Cc1ccc(CN(C[C@H](O)COc2ccccc2C)C[C@H]2CCCO2)cc1. The Hall–Kier alpha value is -1.88. The average molecular weight is 370 g/mol. The molecule has 0 aromatic heterocycles. The van der Waals surface area contributed by atoms with Crippen molar-refractivity contribution in [2.45, 2.75) is 45.4 Å². The zero-order valence-electron chi connectivity index (χ0n) is 16.4. The number of benzene rings is 2. The summed E-state index contributed by atoms with van der Waals surface area (Å²) >= 11 is 0. The van der Waals surface area contributed by atoms with Crippen molar-refractivity contribution in [2.24, 2.45) is 0 Å². The van der Waals surface area contributed by atoms with Gasteiger partial charge in [-0.05, 0) is 43.9 Å². The van der Waals surface area contributed by atoms with Crippen molar-refractivity contribution >= 4 is 0 Å². The summed E-state index contributed by atoms with van der Waals surface area (Å²) in [4.78, 5) is 2.28. The highest BCUT2D eigenvalue weighted by molar-refractivity contribution is 5.31. The monoisotopic (exact) mass is 369 g/mol. The molecule has 2 aromatic rings. The molecule has 1 fully saturated rings. The number of aryl methyl sites for hydroxylation is 2. The highest BCUT2D eigenvalue weighted by Crippen LogP contribution is 2.18. The minimum absolute atomic E-state index is 0.264. The molecule has 1 N–H and O–H groups in total. The summed E-state index contributed by atoms with van der Waals surface area (Å²) in [7, 11) is 0. The molecule has 2 aromatic carbocycles. The Morgan fingerprint density at radius 3 is 2.63 bits per heavy atom. The highest BCUT2D eigenvalue weighted by atomic mass is 16.5. The lowest BCUT2D eigenvalue weighted by molar-refractivity contribution is 0.0313. The largest absolute Gasteiger partial charge is 0.491 e. The first kappa shape index (κ1) is 19.9. The fourth-order valence-electron chi connectivity index (χ4n) is 3.49. The molecule has 0 unspecified atom stereocenters. The molecular weight excluding hydrogens is 338 g/mol. The number of hydrogen-bond acceptors (Lipinski definition) is 4. The van der Waals surface area contributed by atoms with Crippen LogP contribution in [0.25, 0.3) is 0 Å². The van der Waals surface area contributed by atoms with Gasteiger partial charge in [0.1, 0.15) is 18.5 Å². The number of aliphatic hydroxyl groups excluding tert-OH is 1. The van der Waals surface area contributed by atoms with E-state index in [2.05, 4.69) is 36.1 Å². The zero-order chi connectivity index (χ0) is 19.1. The van der Waals surface area contributed by atoms with Crippen molar-refractivity contribution in [3.63, 3.8) is 0 Å². The van der Waals surface area contributed by atoms with Gasteiger partial charge in [0.05, 0.1) is 6.10 Å². The van der Waals surface area contributed by atoms with Gasteiger partial charge in [0.15, 0.2) is 0 Å². The molecular formula is C23H31NO3. The number of aliphatic hydroxyl groups is 1. The maximum Gasteiger partial charge on any atom is 0.122 e. The lowest BCUT2D eigenvalue weighted by Gasteiger charge is -2.27. The Labute approximate surface area is 162 Å². The molecule has 4 nitrogen and oxygen atoms in total. The van der Waals surface area contributed by atoms with Crippen LogP contribution in [-0.4, -0.2) is 48.5 Å². The van der Waals surface area contributed by atoms with Crippen molar-refractivity contribution in [1.82, 2.24) is 4.90 Å². The van der Waals surface area contributed by atoms with Gasteiger partial charge >= 0.3 is 0 Å². The van der Waals surface area contributed by atoms with Crippen LogP contribution in [-0.2, 0) is 11.3 Å². The highest BCUT2D eigenvalue weighted by Gasteiger charge is 2.21. The van der Waals surface area contributed by atoms with Gasteiger partial charge in [-0.1, -0.05) is 48.0 Å². The summed E-state index contributed by atoms with van der Waals surface area (Å²) < 4.78 is 11.6. The van der Waals surface area contributed by atoms with Gasteiger partial charge in [-0.25, -0.2) is 0 Å². The number of para-hydroxylation sites is 1. The molecule has 1 aliphatic rings. The third kappa shape index (κ3) is 6.35. The van der Waals surface area contributed by atoms with Crippen molar-refractivity contribution in [1.29, 1.82) is 0 Å². The van der Waals surface area contributed by atoms with E-state index in [9.17, 15) is 5.11 Å². The van der Waals surface area contributed by atoms with Gasteiger partial charge in [0.2, 0.25) is 0 Å². The van der Waals surface area contributed by atoms with E-state index < -0.39 is 6.10 Å². The van der Waals surface area contributed by atoms with Crippen LogP contribution in [0.4, 0.5) is 0 Å². The van der Waals surface area contributed by atoms with Gasteiger partial charge in [-0.2, -0.15) is 0 Å². The lowest BCUT2D eigenvalue weighted by Crippen LogP contribution is -2.39. The topological polar surface area (TPSA) is 41.9 Å². The molecule has 1 aliphatic heterocycles. The number of hydrogen-bond donors (Lipinski definition) is 1. The van der Waals surface area contributed by atoms with Gasteiger partial charge in [-0.3, -0.25) is 4.90 Å². The number of ether oxygens (including phenoxy) is 2. The molecule has 146 valence electrons. The predicted octanol–water partition coefficient (Wildman–Crippen LogP) is 3.72. The molecule has 3 rings (SSSR count). The van der Waals surface area contributed by atoms with Gasteiger partial charge in [0, 0.05) is 26.2 Å². The van der Waals surface area contributed by atoms with Gasteiger partial charge in [0.25, 0.3) is 0 Å². The van der Waals surface area contributed by atoms with Crippen molar-refractivity contribution < 1.29 is 14.6 Å². The second kappa shape index (κ2) is 9.88. The van der Waals surface area contributed by atoms with E-state index in [4.69, 9.17) is 9.47 Å². The van der Waals surface area contributed by atoms with Crippen LogP contribution >= 0.6 is 0 Å². The first-order valence-corrected chi connectivity index (χ1v) is 9.86. The van der Waals surface area contributed by atoms with Crippen LogP contribution in [0, 0.1) is 13.8 Å². The van der Waals surface area contributed by atoms with Crippen LogP contribution in [0.15, 0.2) is 48.5 Å². The fourth-order valence-corrected chi connectivity index (χ4v) is 3.49. The van der Waals surface area contributed by atoms with E-state index in [1.807, 2.05) is 31.2 Å². The van der Waals surface area contributed by atoms with Crippen molar-refractivity contribution in [3.05, 3.63) is 65.2 Å². The Morgan fingerprint density at radius 1 is 1.15 bits per heavy atom. The Kier molecular flexibility index (Phi) is 7.27. The maximum atomic E-state index is 10.6. The van der Waals surface area contributed by atoms with E-state index >= 15 is 0 Å². The van der Waals surface area contributed by atoms with E-state index in [1.54, 1.807) is 0 Å². The molecule has 1 saturated heterocycles. The molecule has 0 bridgehead atoms. The first-order chi connectivity index (χ1) is 13.1. The first-order valence-electron chi connectivity index (χ1n) is 9.86. The second-order valence-electron chi connectivity index (χ2n) is 7.55. The summed E-state index contributed by atoms with van der Waals surface area (Å²) in [5.74, 6) is 0.834. The zero-order valence-corrected chi connectivity index (χ0v) is 16.4. The summed E-state index contributed by atoms with van der Waals surface area (Å²) in [6.45, 7) is 7.47. The quantitative estimate of drug-likeness (QED) is 0.731. The van der Waals surface area contributed by atoms with Gasteiger partial charge in [-0.15, -0.1) is 0 Å². The summed E-state index contributed by atoms with van der Waals surface area (Å²) in [5.41, 5.74) is 3.60. The Balaban J connectivity index is 1.57. The van der Waals surface area contributed by atoms with Crippen LogP contribution in [0.5, 0.6) is 5.75 Å². The average Bonchev–Trinajstić information content (AvgIpc) is 3.16. The van der Waals surface area contributed by atoms with E-state index in [1.165, 1.54) is 11.1 Å². The van der Waals surface area contributed by atoms with Crippen molar-refractivity contribution in [2.75, 3.05) is 26.3 Å². The lowest BCUT2D eigenvalue weighted by atomic mass is 10.1. The molecule has 0 amide bonds. The van der Waals surface area contributed by atoms with Gasteiger partial charge < -0.3 is 14.6 Å². The standard InChI is InChI=1S/C23H31NO3/c1-18-9-11-20(12-10-18)14-24(16-22-7-5-13-26-22)15-21(25)17-27-23-8-4-3-6-19(23)2/h3-4,6,8-12,21-22,25H,5,7,13-17H2,1-2H3/t21-,22+/m0/s1. The normalized spacial score (nSPS) is 18.0. The van der Waals surface area contributed by atoms with Crippen molar-refractivity contribution in [3.8, 4) is 5.75 Å². The molecule has 4 heteroatoms. The molecule has 0 saturated carbocycles. The number of rotatable bonds is 9. The maximum absolute atomic E-state index is 10.6. The molecule has 1 heterocycles. The smallest absolute Gasteiger partial charge is 0.122 e. The summed E-state index contributed by atoms with van der Waals surface area (Å²) in [6, 6.07) is 16.5. The van der Waals surface area contributed by atoms with E-state index in [0.717, 1.165) is 43.9 Å². The van der Waals surface area contributed by atoms with Crippen LogP contribution in [0.1, 0.15) is 29.5 Å². The molecule has 0 radical (unpaired) electrons. The van der Waals surface area contributed by atoms with Crippen LogP contribution in [0.2, 0.25) is 0 Å². The minimum Gasteiger partial charge on any atom is -0.491 e. The number of nitrogens with zero attached hydrogens (tertiary/aromatic N) is 1. The molecule has 27 heavy (non-hydrogen) atoms. The van der Waals surface area contributed by atoms with E-state index in [0.29, 0.717) is 13.2 Å². The van der Waals surface area contributed by atoms with Crippen LogP contribution < -0.4 is 4.74 Å². The second-order valence-corrected chi connectivity index (χ2v) is 7.55. The third-order valence-electron chi connectivity index (χ3n) is 5.01. The van der Waals surface area contributed by atoms with Crippen LogP contribution in [0.3, 0.4) is 0 Å². The minimum atomic E-state index is -0.545. The van der Waals surface area contributed by atoms with E-state index in [-0.39, 0.29) is 6.10 Å². The molecule has 0 spiro atoms. The third-order valence-corrected chi connectivity index (χ3v) is 5.01. The molecule has 0 aliphatic carbocycles. The Morgan fingerprint density at radius 2 is 1.93 bits per heavy atom. The predicted molar refractivity (Wildman–Crippen MR) is 108 cm³/mol. The fraction of sp³-hybridized carbons (Fsp3) is 0.478. The summed E-state index contributed by atoms with van der Waals surface area (Å²) in [5, 5.41) is 10.6. The summed E-state index contributed by atoms with van der Waals surface area (Å²) in [6.07, 6.45) is 1.94.